The van der Waals surface area contributed by atoms with Crippen LogP contribution in [-0.4, -0.2) is 48.8 Å². The second-order valence-electron chi connectivity index (χ2n) is 7.17. The Balaban J connectivity index is 1.44. The number of ether oxygens (including phenoxy) is 1. The third-order valence-electron chi connectivity index (χ3n) is 5.60. The molecule has 2 aliphatic rings. The number of carbonyl (C=O) groups is 2. The van der Waals surface area contributed by atoms with Gasteiger partial charge in [-0.25, -0.2) is 0 Å². The van der Waals surface area contributed by atoms with Crippen LogP contribution in [0.2, 0.25) is 0 Å². The van der Waals surface area contributed by atoms with Crippen LogP contribution in [0.5, 0.6) is 0 Å². The van der Waals surface area contributed by atoms with Crippen molar-refractivity contribution in [2.45, 2.75) is 52.0 Å². The quantitative estimate of drug-likeness (QED) is 0.789. The molecule has 4 heterocycles. The van der Waals surface area contributed by atoms with Crippen LogP contribution in [0, 0.1) is 18.8 Å². The summed E-state index contributed by atoms with van der Waals surface area (Å²) in [5.74, 6) is -2.72. The van der Waals surface area contributed by atoms with Crippen molar-refractivity contribution < 1.29 is 19.4 Å². The van der Waals surface area contributed by atoms with Crippen LogP contribution >= 0.6 is 0 Å². The highest BCUT2D eigenvalue weighted by Gasteiger charge is 2.55. The van der Waals surface area contributed by atoms with E-state index in [2.05, 4.69) is 15.5 Å². The normalized spacial score (nSPS) is 26.4. The fraction of sp³-hybridized carbons (Fsp3) is 0.556. The van der Waals surface area contributed by atoms with E-state index in [9.17, 15) is 14.7 Å². The maximum atomic E-state index is 12.7. The molecule has 1 amide bonds. The van der Waals surface area contributed by atoms with Gasteiger partial charge in [0.15, 0.2) is 0 Å². The van der Waals surface area contributed by atoms with E-state index in [0.29, 0.717) is 18.7 Å². The van der Waals surface area contributed by atoms with Crippen LogP contribution < -0.4 is 5.32 Å². The van der Waals surface area contributed by atoms with Gasteiger partial charge in [-0.2, -0.15) is 10.2 Å². The summed E-state index contributed by atoms with van der Waals surface area (Å²) in [5.41, 5.74) is 2.69. The Hall–Kier alpha value is -2.68. The van der Waals surface area contributed by atoms with Gasteiger partial charge in [0.1, 0.15) is 0 Å². The molecule has 0 saturated carbocycles. The lowest BCUT2D eigenvalue weighted by atomic mass is 9.78. The number of anilines is 1. The lowest BCUT2D eigenvalue weighted by molar-refractivity contribution is -0.147. The Morgan fingerprint density at radius 3 is 2.67 bits per heavy atom. The van der Waals surface area contributed by atoms with Crippen LogP contribution in [0.25, 0.3) is 0 Å². The largest absolute Gasteiger partial charge is 0.481 e. The Kier molecular flexibility index (Phi) is 4.47. The Labute approximate surface area is 156 Å². The lowest BCUT2D eigenvalue weighted by Gasteiger charge is -2.23. The molecule has 0 aromatic carbocycles. The van der Waals surface area contributed by atoms with Crippen LogP contribution in [0.1, 0.15) is 31.0 Å². The summed E-state index contributed by atoms with van der Waals surface area (Å²) in [6.07, 6.45) is 5.90. The number of amides is 1. The number of fused-ring (bicyclic) bond motifs is 2. The third kappa shape index (κ3) is 3.12. The number of carboxylic acids is 1. The van der Waals surface area contributed by atoms with Crippen molar-refractivity contribution in [1.29, 1.82) is 0 Å². The summed E-state index contributed by atoms with van der Waals surface area (Å²) in [6, 6.07) is 0. The number of aromatic nitrogens is 4. The van der Waals surface area contributed by atoms with E-state index in [1.54, 1.807) is 17.1 Å². The first-order valence-corrected chi connectivity index (χ1v) is 9.20. The van der Waals surface area contributed by atoms with Crippen molar-refractivity contribution in [2.24, 2.45) is 11.8 Å². The predicted octanol–water partition coefficient (Wildman–Crippen LogP) is 1.27. The van der Waals surface area contributed by atoms with E-state index < -0.39 is 17.8 Å². The highest BCUT2D eigenvalue weighted by molar-refractivity contribution is 5.96. The van der Waals surface area contributed by atoms with Crippen molar-refractivity contribution in [3.63, 3.8) is 0 Å². The van der Waals surface area contributed by atoms with Gasteiger partial charge < -0.3 is 15.2 Å². The summed E-state index contributed by atoms with van der Waals surface area (Å²) in [7, 11) is 0. The molecular formula is C18H23N5O4. The highest BCUT2D eigenvalue weighted by atomic mass is 16.5. The smallest absolute Gasteiger partial charge is 0.310 e. The van der Waals surface area contributed by atoms with E-state index in [-0.39, 0.29) is 18.1 Å². The zero-order chi connectivity index (χ0) is 19.1. The molecule has 27 heavy (non-hydrogen) atoms. The van der Waals surface area contributed by atoms with Gasteiger partial charge in [-0.15, -0.1) is 0 Å². The van der Waals surface area contributed by atoms with Gasteiger partial charge in [-0.1, -0.05) is 0 Å². The topological polar surface area (TPSA) is 111 Å². The fourth-order valence-electron chi connectivity index (χ4n) is 4.20. The molecule has 2 aromatic heterocycles. The Morgan fingerprint density at radius 2 is 2.00 bits per heavy atom. The van der Waals surface area contributed by atoms with Crippen LogP contribution in [0.15, 0.2) is 18.6 Å². The van der Waals surface area contributed by atoms with Gasteiger partial charge in [0, 0.05) is 24.0 Å². The zero-order valence-corrected chi connectivity index (χ0v) is 15.3. The van der Waals surface area contributed by atoms with Crippen molar-refractivity contribution in [3.8, 4) is 0 Å². The number of hydrogen-bond acceptors (Lipinski definition) is 5. The Bertz CT molecular complexity index is 873. The molecule has 2 fully saturated rings. The van der Waals surface area contributed by atoms with Crippen molar-refractivity contribution >= 4 is 17.6 Å². The van der Waals surface area contributed by atoms with Crippen LogP contribution in [0.3, 0.4) is 0 Å². The van der Waals surface area contributed by atoms with E-state index >= 15 is 0 Å². The minimum Gasteiger partial charge on any atom is -0.481 e. The van der Waals surface area contributed by atoms with Crippen molar-refractivity contribution in [1.82, 2.24) is 19.6 Å². The molecule has 9 nitrogen and oxygen atoms in total. The zero-order valence-electron chi connectivity index (χ0n) is 15.3. The second kappa shape index (κ2) is 6.80. The van der Waals surface area contributed by atoms with E-state index in [4.69, 9.17) is 4.74 Å². The monoisotopic (exact) mass is 373 g/mol. The molecule has 9 heteroatoms. The maximum Gasteiger partial charge on any atom is 0.310 e. The van der Waals surface area contributed by atoms with E-state index in [0.717, 1.165) is 24.2 Å². The molecule has 2 bridgehead atoms. The van der Waals surface area contributed by atoms with Crippen molar-refractivity contribution in [3.05, 3.63) is 29.8 Å². The molecule has 4 atom stereocenters. The molecule has 2 aromatic rings. The number of carbonyl (C=O) groups excluding carboxylic acids is 1. The maximum absolute atomic E-state index is 12.7. The van der Waals surface area contributed by atoms with Gasteiger partial charge in [-0.05, 0) is 26.7 Å². The molecule has 2 saturated heterocycles. The summed E-state index contributed by atoms with van der Waals surface area (Å²) in [4.78, 5) is 24.2. The van der Waals surface area contributed by atoms with Crippen LogP contribution in [0.4, 0.5) is 5.69 Å². The average molecular weight is 373 g/mol. The number of aliphatic carboxylic acids is 1. The number of aryl methyl sites for hydroxylation is 1. The van der Waals surface area contributed by atoms with Crippen LogP contribution in [-0.2, 0) is 27.4 Å². The number of nitrogens with one attached hydrogen (secondary N) is 1. The first kappa shape index (κ1) is 17.7. The Morgan fingerprint density at radius 1 is 1.26 bits per heavy atom. The van der Waals surface area contributed by atoms with Crippen molar-refractivity contribution in [2.75, 3.05) is 5.32 Å². The molecule has 0 spiro atoms. The van der Waals surface area contributed by atoms with E-state index in [1.807, 2.05) is 24.7 Å². The van der Waals surface area contributed by atoms with Gasteiger partial charge >= 0.3 is 5.97 Å². The van der Waals surface area contributed by atoms with Gasteiger partial charge in [0.25, 0.3) is 0 Å². The van der Waals surface area contributed by atoms with E-state index in [1.165, 1.54) is 0 Å². The molecule has 0 unspecified atom stereocenters. The third-order valence-corrected chi connectivity index (χ3v) is 5.60. The molecule has 2 N–H and O–H groups in total. The summed E-state index contributed by atoms with van der Waals surface area (Å²) in [6.45, 7) is 5.41. The highest BCUT2D eigenvalue weighted by Crippen LogP contribution is 2.44. The standard InChI is InChI=1S/C18H23N5O4/c1-3-23-10(2)11(6-20-23)8-22-9-12(7-19-22)21-17(24)15-13-4-5-14(27-13)16(15)18(25)26/h6-7,9,13-16H,3-5,8H2,1-2H3,(H,21,24)(H,25,26)/t13-,14-,15+,16-/m1/s1. The average Bonchev–Trinajstić information content (AvgIpc) is 3.40. The first-order chi connectivity index (χ1) is 13.0. The first-order valence-electron chi connectivity index (χ1n) is 9.20. The molecule has 2 aliphatic heterocycles. The molecule has 4 rings (SSSR count). The molecule has 0 radical (unpaired) electrons. The SMILES string of the molecule is CCn1ncc(Cn2cc(NC(=O)[C@@H]3[C@H](C(=O)O)[C@H]4CC[C@H]3O4)cn2)c1C. The van der Waals surface area contributed by atoms with Gasteiger partial charge in [-0.3, -0.25) is 19.0 Å². The minimum absolute atomic E-state index is 0.311. The summed E-state index contributed by atoms with van der Waals surface area (Å²) in [5, 5.41) is 20.9. The predicted molar refractivity (Wildman–Crippen MR) is 95.1 cm³/mol. The number of hydrogen-bond donors (Lipinski definition) is 2. The molecular weight excluding hydrogens is 350 g/mol. The minimum atomic E-state index is -0.971. The summed E-state index contributed by atoms with van der Waals surface area (Å²) >= 11 is 0. The molecule has 144 valence electrons. The second-order valence-corrected chi connectivity index (χ2v) is 7.17. The molecule has 0 aliphatic carbocycles. The number of rotatable bonds is 6. The fourth-order valence-corrected chi connectivity index (χ4v) is 4.20. The summed E-state index contributed by atoms with van der Waals surface area (Å²) < 4.78 is 9.30. The number of nitrogens with zero attached hydrogens (tertiary/aromatic N) is 4. The van der Waals surface area contributed by atoms with Gasteiger partial charge in [0.2, 0.25) is 5.91 Å². The lowest BCUT2D eigenvalue weighted by Crippen LogP contribution is -2.40. The number of carboxylic acid groups (broad SMARTS) is 1. The van der Waals surface area contributed by atoms with Gasteiger partial charge in [0.05, 0.1) is 48.7 Å².